The highest BCUT2D eigenvalue weighted by molar-refractivity contribution is 6.34. The van der Waals surface area contributed by atoms with Crippen LogP contribution in [0.4, 0.5) is 0 Å². The van der Waals surface area contributed by atoms with Crippen molar-refractivity contribution in [2.75, 3.05) is 0 Å². The van der Waals surface area contributed by atoms with Gasteiger partial charge in [-0.15, -0.1) is 0 Å². The summed E-state index contributed by atoms with van der Waals surface area (Å²) in [7, 11) is 0. The Balaban J connectivity index is 0.000000102. The van der Waals surface area contributed by atoms with E-state index in [1.807, 2.05) is 97.6 Å². The molecule has 25 rings (SSSR count). The van der Waals surface area contributed by atoms with E-state index in [-0.39, 0.29) is 0 Å². The zero-order valence-electron chi connectivity index (χ0n) is 61.2. The average molecular weight is 1460 g/mol. The monoisotopic (exact) mass is 1460 g/mol. The minimum absolute atomic E-state index is 0.621. The first kappa shape index (κ1) is 64.3. The highest BCUT2D eigenvalue weighted by Crippen LogP contribution is 2.47. The molecule has 532 valence electrons. The lowest BCUT2D eigenvalue weighted by Crippen LogP contribution is -1.98. The van der Waals surface area contributed by atoms with Crippen molar-refractivity contribution in [3.8, 4) is 56.8 Å². The summed E-state index contributed by atoms with van der Waals surface area (Å²) in [5.74, 6) is 1.55. The molecule has 10 aromatic heterocycles. The van der Waals surface area contributed by atoms with Crippen molar-refractivity contribution in [2.45, 2.75) is 0 Å². The van der Waals surface area contributed by atoms with E-state index in [0.29, 0.717) is 5.89 Å². The van der Waals surface area contributed by atoms with Crippen LogP contribution < -0.4 is 0 Å². The maximum atomic E-state index is 6.10. The van der Waals surface area contributed by atoms with E-state index >= 15 is 0 Å². The van der Waals surface area contributed by atoms with Gasteiger partial charge >= 0.3 is 0 Å². The zero-order valence-corrected chi connectivity index (χ0v) is 61.2. The molecule has 0 spiro atoms. The minimum Gasteiger partial charge on any atom is -0.436 e. The van der Waals surface area contributed by atoms with Crippen LogP contribution in [0.3, 0.4) is 0 Å². The quantitative estimate of drug-likeness (QED) is 0.146. The molecule has 0 fully saturated rings. The Bertz CT molecular complexity index is 8120. The van der Waals surface area contributed by atoms with Gasteiger partial charge in [-0.25, -0.2) is 15.0 Å². The van der Waals surface area contributed by atoms with Gasteiger partial charge in [0.2, 0.25) is 5.89 Å². The van der Waals surface area contributed by atoms with Gasteiger partial charge in [0.05, 0.1) is 66.4 Å². The van der Waals surface area contributed by atoms with Gasteiger partial charge in [-0.1, -0.05) is 194 Å². The molecule has 25 aromatic rings. The Kier molecular flexibility index (Phi) is 14.7. The maximum absolute atomic E-state index is 6.10. The topological polar surface area (TPSA) is 115 Å². The second-order valence-electron chi connectivity index (χ2n) is 28.9. The van der Waals surface area contributed by atoms with Crippen LogP contribution in [0.2, 0.25) is 0 Å². The lowest BCUT2D eigenvalue weighted by molar-refractivity contribution is 0.620. The number of fused-ring (bicyclic) bond motifs is 27. The van der Waals surface area contributed by atoms with Crippen LogP contribution in [0.25, 0.3) is 215 Å². The Morgan fingerprint density at radius 1 is 0.254 bits per heavy atom. The van der Waals surface area contributed by atoms with E-state index in [9.17, 15) is 0 Å². The second kappa shape index (κ2) is 26.0. The molecule has 0 unspecified atom stereocenters. The molecule has 0 aliphatic heterocycles. The molecule has 114 heavy (non-hydrogen) atoms. The van der Waals surface area contributed by atoms with Crippen LogP contribution in [0, 0.1) is 0 Å². The molecule has 10 heterocycles. The van der Waals surface area contributed by atoms with Crippen molar-refractivity contribution in [3.05, 3.63) is 383 Å². The molecule has 12 heteroatoms. The first-order valence-corrected chi connectivity index (χ1v) is 38.3. The van der Waals surface area contributed by atoms with Crippen molar-refractivity contribution in [1.82, 2.24) is 52.6 Å². The van der Waals surface area contributed by atoms with Crippen LogP contribution in [-0.4, -0.2) is 52.6 Å². The highest BCUT2D eigenvalue weighted by atomic mass is 16.3. The summed E-state index contributed by atoms with van der Waals surface area (Å²) in [6, 6.07) is 123. The van der Waals surface area contributed by atoms with Crippen LogP contribution in [0.5, 0.6) is 0 Å². The number of hydrogen-bond donors (Lipinski definition) is 0. The predicted molar refractivity (Wildman–Crippen MR) is 468 cm³/mol. The third-order valence-corrected chi connectivity index (χ3v) is 22.6. The highest BCUT2D eigenvalue weighted by Gasteiger charge is 2.25. The molecule has 0 amide bonds. The fourth-order valence-corrected chi connectivity index (χ4v) is 17.7. The van der Waals surface area contributed by atoms with E-state index in [1.165, 1.54) is 86.7 Å². The maximum Gasteiger partial charge on any atom is 0.227 e. The lowest BCUT2D eigenvalue weighted by atomic mass is 10.00. The van der Waals surface area contributed by atoms with Gasteiger partial charge in [-0.3, -0.25) is 19.5 Å². The molecule has 0 atom stereocenters. The van der Waals surface area contributed by atoms with E-state index in [1.54, 1.807) is 0 Å². The Labute approximate surface area is 650 Å². The van der Waals surface area contributed by atoms with E-state index in [4.69, 9.17) is 34.3 Å². The summed E-state index contributed by atoms with van der Waals surface area (Å²) in [6.45, 7) is 0. The summed E-state index contributed by atoms with van der Waals surface area (Å²) in [5.41, 5.74) is 23.3. The SMILES string of the molecule is c1cc(-c2nc3ccccc3o2)cc(-n2c3ccccc3c3c4ccccc4c4ncccc4c32)c1.c1ccc(-n2c(-c3ccc(-n4c5ccccc5c5c6ccccc6c6ncccc6c54)cc3)nc3ccccc32)cc1.c1ccc2c(c1)c1ncccc1c1c2c2ccccc2n1-c1ccc(-c2cn3ccccc3n2)cc1. The van der Waals surface area contributed by atoms with Gasteiger partial charge in [0.25, 0.3) is 0 Å². The van der Waals surface area contributed by atoms with Crippen molar-refractivity contribution >= 4 is 158 Å². The largest absolute Gasteiger partial charge is 0.436 e. The average Bonchev–Trinajstić information content (AvgIpc) is 1.55. The van der Waals surface area contributed by atoms with Crippen molar-refractivity contribution in [2.24, 2.45) is 0 Å². The number of oxazole rings is 1. The number of hydrogen-bond acceptors (Lipinski definition) is 7. The van der Waals surface area contributed by atoms with E-state index in [0.717, 1.165) is 122 Å². The smallest absolute Gasteiger partial charge is 0.227 e. The fraction of sp³-hybridized carbons (Fsp3) is 0. The van der Waals surface area contributed by atoms with E-state index < -0.39 is 0 Å². The van der Waals surface area contributed by atoms with Gasteiger partial charge in [0, 0.05) is 135 Å². The van der Waals surface area contributed by atoms with Crippen molar-refractivity contribution in [3.63, 3.8) is 0 Å². The normalized spacial score (nSPS) is 11.9. The van der Waals surface area contributed by atoms with Crippen molar-refractivity contribution in [1.29, 1.82) is 0 Å². The molecule has 0 bridgehead atoms. The first-order chi connectivity index (χ1) is 56.6. The number of benzene rings is 15. The first-order valence-electron chi connectivity index (χ1n) is 38.3. The summed E-state index contributed by atoms with van der Waals surface area (Å²) in [6.07, 6.45) is 9.76. The van der Waals surface area contributed by atoms with Crippen molar-refractivity contribution < 1.29 is 4.42 Å². The number of imidazole rings is 2. The van der Waals surface area contributed by atoms with Crippen LogP contribution in [0.1, 0.15) is 0 Å². The van der Waals surface area contributed by atoms with E-state index in [2.05, 4.69) is 308 Å². The molecule has 0 aliphatic carbocycles. The summed E-state index contributed by atoms with van der Waals surface area (Å²) < 4.78 is 17.5. The molecule has 0 saturated carbocycles. The van der Waals surface area contributed by atoms with Crippen LogP contribution >= 0.6 is 0 Å². The number of para-hydroxylation sites is 8. The molecule has 0 radical (unpaired) electrons. The molecule has 0 saturated heterocycles. The molecule has 12 nitrogen and oxygen atoms in total. The summed E-state index contributed by atoms with van der Waals surface area (Å²) in [5, 5.41) is 18.1. The fourth-order valence-electron chi connectivity index (χ4n) is 17.7. The molecular weight excluding hydrogens is 1400 g/mol. The van der Waals surface area contributed by atoms with Gasteiger partial charge in [-0.2, -0.15) is 0 Å². The second-order valence-corrected chi connectivity index (χ2v) is 28.9. The zero-order chi connectivity index (χ0) is 74.9. The van der Waals surface area contributed by atoms with Gasteiger partial charge in [0.1, 0.15) is 17.0 Å². The summed E-state index contributed by atoms with van der Waals surface area (Å²) in [4.78, 5) is 29.1. The Hall–Kier alpha value is -15.7. The number of rotatable bonds is 7. The summed E-state index contributed by atoms with van der Waals surface area (Å²) >= 11 is 0. The molecule has 0 aliphatic rings. The molecule has 15 aromatic carbocycles. The third kappa shape index (κ3) is 10.1. The number of aromatic nitrogens is 11. The Morgan fingerprint density at radius 3 is 1.18 bits per heavy atom. The van der Waals surface area contributed by atoms with Crippen LogP contribution in [-0.2, 0) is 0 Å². The Morgan fingerprint density at radius 2 is 0.667 bits per heavy atom. The van der Waals surface area contributed by atoms with Gasteiger partial charge < -0.3 is 22.5 Å². The van der Waals surface area contributed by atoms with Gasteiger partial charge in [0.15, 0.2) is 5.58 Å². The lowest BCUT2D eigenvalue weighted by Gasteiger charge is -2.13. The predicted octanol–water partition coefficient (Wildman–Crippen LogP) is 25.6. The van der Waals surface area contributed by atoms with Gasteiger partial charge in [-0.05, 0) is 174 Å². The molecular formula is C102H63N11O. The minimum atomic E-state index is 0.621. The standard InChI is InChI=1S/C38H24N4.C32H20N4.C32H19N3O/c1-2-11-26(12-3-1)42-34-19-9-7-17-32(34)40-38(42)25-20-22-27(23-21-25)41-33-18-8-6-15-30(33)35-28-13-4-5-14-29(28)36-31(37(35)41)16-10-24-39-36;1-2-9-24-23(8-1)30-25-10-3-4-12-28(25)36(32(30)26-11-7-18-33-31(24)26)22-16-14-21(15-17-22)27-20-35-19-6-5-13-29(35)34-27;1-2-12-23-22(11-1)29-24-13-3-5-16-27(24)35(31(29)25-14-8-18-33-30(23)25)21-10-7-9-20(19-21)32-34-26-15-4-6-17-28(26)36-32/h1-24H;1-20H;1-19H. The third-order valence-electron chi connectivity index (χ3n) is 22.6. The number of pyridine rings is 4. The van der Waals surface area contributed by atoms with Crippen LogP contribution in [0.15, 0.2) is 387 Å². The molecule has 0 N–H and O–H groups in total. The number of nitrogens with zero attached hydrogens (tertiary/aromatic N) is 11.